The van der Waals surface area contributed by atoms with Gasteiger partial charge in [-0.05, 0) is 45.2 Å². The van der Waals surface area contributed by atoms with Gasteiger partial charge >= 0.3 is 0 Å². The van der Waals surface area contributed by atoms with Crippen molar-refractivity contribution in [2.24, 2.45) is 0 Å². The summed E-state index contributed by atoms with van der Waals surface area (Å²) in [5.41, 5.74) is 1.36. The summed E-state index contributed by atoms with van der Waals surface area (Å²) in [4.78, 5) is 22.5. The van der Waals surface area contributed by atoms with Crippen molar-refractivity contribution in [3.05, 3.63) is 23.3 Å². The van der Waals surface area contributed by atoms with Crippen LogP contribution in [0.4, 0.5) is 0 Å². The van der Waals surface area contributed by atoms with E-state index >= 15 is 0 Å². The molecule has 0 spiro atoms. The Bertz CT molecular complexity index is 514. The van der Waals surface area contributed by atoms with Gasteiger partial charge in [-0.1, -0.05) is 6.92 Å². The summed E-state index contributed by atoms with van der Waals surface area (Å²) in [7, 11) is 0. The van der Waals surface area contributed by atoms with Gasteiger partial charge in [0, 0.05) is 18.5 Å². The molecule has 0 aromatic heterocycles. The number of amides is 1. The van der Waals surface area contributed by atoms with Crippen LogP contribution in [0.15, 0.2) is 12.1 Å². The molecule has 0 heterocycles. The maximum absolute atomic E-state index is 11.4. The van der Waals surface area contributed by atoms with Crippen LogP contribution in [-0.4, -0.2) is 32.0 Å². The van der Waals surface area contributed by atoms with Crippen molar-refractivity contribution in [1.29, 1.82) is 0 Å². The van der Waals surface area contributed by atoms with E-state index in [0.717, 1.165) is 36.9 Å². The standard InChI is InChI=1S/C18H27NO4/c1-4-11-22-16-10-9-15(13-20)18(14(16)3)23-12-7-6-8-17(21)19-5-2/h9-10,13H,4-8,11-12H2,1-3H3,(H,19,21). The van der Waals surface area contributed by atoms with Gasteiger partial charge in [-0.2, -0.15) is 0 Å². The molecule has 0 aliphatic carbocycles. The second kappa shape index (κ2) is 10.6. The maximum Gasteiger partial charge on any atom is 0.219 e. The Balaban J connectivity index is 2.57. The number of aldehydes is 1. The minimum absolute atomic E-state index is 0.0622. The number of ether oxygens (including phenoxy) is 2. The lowest BCUT2D eigenvalue weighted by Crippen LogP contribution is -2.22. The Morgan fingerprint density at radius 3 is 2.61 bits per heavy atom. The zero-order chi connectivity index (χ0) is 17.1. The van der Waals surface area contributed by atoms with Crippen LogP contribution in [0, 0.1) is 6.92 Å². The van der Waals surface area contributed by atoms with Gasteiger partial charge in [-0.15, -0.1) is 0 Å². The van der Waals surface area contributed by atoms with E-state index in [1.165, 1.54) is 0 Å². The summed E-state index contributed by atoms with van der Waals surface area (Å²) in [6.45, 7) is 7.59. The quantitative estimate of drug-likeness (QED) is 0.502. The molecule has 0 bridgehead atoms. The zero-order valence-electron chi connectivity index (χ0n) is 14.3. The first-order chi connectivity index (χ1) is 11.1. The van der Waals surface area contributed by atoms with Gasteiger partial charge in [-0.3, -0.25) is 9.59 Å². The third-order valence-corrected chi connectivity index (χ3v) is 3.39. The molecule has 5 nitrogen and oxygen atoms in total. The minimum Gasteiger partial charge on any atom is -0.493 e. The zero-order valence-corrected chi connectivity index (χ0v) is 14.3. The molecule has 0 radical (unpaired) electrons. The van der Waals surface area contributed by atoms with Crippen molar-refractivity contribution < 1.29 is 19.1 Å². The van der Waals surface area contributed by atoms with E-state index in [4.69, 9.17) is 9.47 Å². The third-order valence-electron chi connectivity index (χ3n) is 3.39. The largest absolute Gasteiger partial charge is 0.493 e. The predicted molar refractivity (Wildman–Crippen MR) is 90.4 cm³/mol. The number of unbranched alkanes of at least 4 members (excludes halogenated alkanes) is 1. The highest BCUT2D eigenvalue weighted by Gasteiger charge is 2.12. The fourth-order valence-corrected chi connectivity index (χ4v) is 2.19. The Labute approximate surface area is 138 Å². The first-order valence-corrected chi connectivity index (χ1v) is 8.25. The molecule has 0 unspecified atom stereocenters. The van der Waals surface area contributed by atoms with Gasteiger partial charge in [0.2, 0.25) is 5.91 Å². The molecule has 0 aliphatic rings. The molecule has 1 amide bonds. The molecule has 5 heteroatoms. The van der Waals surface area contributed by atoms with Crippen LogP contribution in [0.25, 0.3) is 0 Å². The van der Waals surface area contributed by atoms with Crippen molar-refractivity contribution >= 4 is 12.2 Å². The molecule has 1 N–H and O–H groups in total. The van der Waals surface area contributed by atoms with Crippen LogP contribution in [-0.2, 0) is 4.79 Å². The van der Waals surface area contributed by atoms with Crippen LogP contribution in [0.5, 0.6) is 11.5 Å². The topological polar surface area (TPSA) is 64.6 Å². The second-order valence-electron chi connectivity index (χ2n) is 5.33. The number of rotatable bonds is 11. The van der Waals surface area contributed by atoms with E-state index in [-0.39, 0.29) is 5.91 Å². The highest BCUT2D eigenvalue weighted by atomic mass is 16.5. The van der Waals surface area contributed by atoms with E-state index in [9.17, 15) is 9.59 Å². The lowest BCUT2D eigenvalue weighted by molar-refractivity contribution is -0.121. The summed E-state index contributed by atoms with van der Waals surface area (Å²) < 4.78 is 11.4. The molecule has 128 valence electrons. The van der Waals surface area contributed by atoms with E-state index in [0.29, 0.717) is 37.5 Å². The highest BCUT2D eigenvalue weighted by molar-refractivity contribution is 5.81. The number of hydrogen-bond acceptors (Lipinski definition) is 4. The molecule has 0 saturated carbocycles. The Hall–Kier alpha value is -2.04. The summed E-state index contributed by atoms with van der Waals surface area (Å²) in [5, 5.41) is 2.77. The number of carbonyl (C=O) groups excluding carboxylic acids is 2. The lowest BCUT2D eigenvalue weighted by Gasteiger charge is -2.15. The monoisotopic (exact) mass is 321 g/mol. The first kappa shape index (κ1) is 19.0. The van der Waals surface area contributed by atoms with E-state index < -0.39 is 0 Å². The number of hydrogen-bond donors (Lipinski definition) is 1. The van der Waals surface area contributed by atoms with E-state index in [2.05, 4.69) is 5.32 Å². The molecule has 0 aliphatic heterocycles. The average Bonchev–Trinajstić information content (AvgIpc) is 2.54. The second-order valence-corrected chi connectivity index (χ2v) is 5.33. The average molecular weight is 321 g/mol. The predicted octanol–water partition coefficient (Wildman–Crippen LogP) is 3.28. The van der Waals surface area contributed by atoms with Gasteiger partial charge < -0.3 is 14.8 Å². The molecule has 0 saturated heterocycles. The van der Waals surface area contributed by atoms with E-state index in [1.807, 2.05) is 20.8 Å². The van der Waals surface area contributed by atoms with Crippen LogP contribution < -0.4 is 14.8 Å². The van der Waals surface area contributed by atoms with Gasteiger partial charge in [0.15, 0.2) is 6.29 Å². The van der Waals surface area contributed by atoms with Crippen molar-refractivity contribution in [2.45, 2.75) is 46.5 Å². The Morgan fingerprint density at radius 1 is 1.17 bits per heavy atom. The molecule has 23 heavy (non-hydrogen) atoms. The van der Waals surface area contributed by atoms with Crippen molar-refractivity contribution in [3.8, 4) is 11.5 Å². The minimum atomic E-state index is 0.0622. The Kier molecular flexibility index (Phi) is 8.80. The van der Waals surface area contributed by atoms with Crippen LogP contribution in [0.2, 0.25) is 0 Å². The van der Waals surface area contributed by atoms with Crippen LogP contribution >= 0.6 is 0 Å². The molecule has 1 aromatic rings. The van der Waals surface area contributed by atoms with Crippen molar-refractivity contribution in [1.82, 2.24) is 5.32 Å². The van der Waals surface area contributed by atoms with Gasteiger partial charge in [0.05, 0.1) is 18.8 Å². The van der Waals surface area contributed by atoms with Crippen LogP contribution in [0.3, 0.4) is 0 Å². The Morgan fingerprint density at radius 2 is 1.96 bits per heavy atom. The summed E-state index contributed by atoms with van der Waals surface area (Å²) in [6.07, 6.45) is 3.73. The van der Waals surface area contributed by atoms with Gasteiger partial charge in [-0.25, -0.2) is 0 Å². The molecular weight excluding hydrogens is 294 g/mol. The molecule has 0 fully saturated rings. The third kappa shape index (κ3) is 6.30. The summed E-state index contributed by atoms with van der Waals surface area (Å²) in [5.74, 6) is 1.38. The van der Waals surface area contributed by atoms with Crippen LogP contribution in [0.1, 0.15) is 55.5 Å². The SMILES string of the molecule is CCCOc1ccc(C=O)c(OCCCCC(=O)NCC)c1C. The van der Waals surface area contributed by atoms with Crippen molar-refractivity contribution in [3.63, 3.8) is 0 Å². The molecule has 0 atom stereocenters. The fourth-order valence-electron chi connectivity index (χ4n) is 2.19. The maximum atomic E-state index is 11.4. The number of nitrogens with one attached hydrogen (secondary N) is 1. The van der Waals surface area contributed by atoms with Gasteiger partial charge in [0.25, 0.3) is 0 Å². The first-order valence-electron chi connectivity index (χ1n) is 8.25. The van der Waals surface area contributed by atoms with Gasteiger partial charge in [0.1, 0.15) is 11.5 Å². The summed E-state index contributed by atoms with van der Waals surface area (Å²) in [6, 6.07) is 3.52. The lowest BCUT2D eigenvalue weighted by atomic mass is 10.1. The van der Waals surface area contributed by atoms with E-state index in [1.54, 1.807) is 12.1 Å². The van der Waals surface area contributed by atoms with Crippen molar-refractivity contribution in [2.75, 3.05) is 19.8 Å². The number of benzene rings is 1. The fraction of sp³-hybridized carbons (Fsp3) is 0.556. The summed E-state index contributed by atoms with van der Waals surface area (Å²) >= 11 is 0. The highest BCUT2D eigenvalue weighted by Crippen LogP contribution is 2.31. The number of carbonyl (C=O) groups is 2. The normalized spacial score (nSPS) is 10.2. The molecule has 1 rings (SSSR count). The smallest absolute Gasteiger partial charge is 0.219 e. The molecular formula is C18H27NO4. The molecule has 1 aromatic carbocycles.